The second-order valence-corrected chi connectivity index (χ2v) is 6.81. The van der Waals surface area contributed by atoms with Crippen molar-refractivity contribution in [2.24, 2.45) is 0 Å². The van der Waals surface area contributed by atoms with Crippen LogP contribution in [-0.4, -0.2) is 29.3 Å². The highest BCUT2D eigenvalue weighted by Gasteiger charge is 2.35. The number of nitrogens with zero attached hydrogens (tertiary/aromatic N) is 1. The van der Waals surface area contributed by atoms with E-state index >= 15 is 0 Å². The van der Waals surface area contributed by atoms with E-state index in [4.69, 9.17) is 0 Å². The van der Waals surface area contributed by atoms with Gasteiger partial charge >= 0.3 is 12.2 Å². The van der Waals surface area contributed by atoms with Gasteiger partial charge in [0.25, 0.3) is 5.91 Å². The number of anilines is 1. The van der Waals surface area contributed by atoms with Crippen LogP contribution in [0.15, 0.2) is 71.9 Å². The summed E-state index contributed by atoms with van der Waals surface area (Å²) in [5, 5.41) is 4.66. The summed E-state index contributed by atoms with van der Waals surface area (Å²) >= 11 is 0. The lowest BCUT2D eigenvalue weighted by atomic mass is 10.1. The molecule has 0 spiro atoms. The molecule has 0 saturated carbocycles. The minimum absolute atomic E-state index is 0.00144. The molecule has 160 valence electrons. The van der Waals surface area contributed by atoms with Crippen molar-refractivity contribution in [3.8, 4) is 0 Å². The number of allylic oxidation sites excluding steroid dienone is 2. The first-order chi connectivity index (χ1) is 14.6. The number of imide groups is 1. The number of nitrogens with one attached hydrogen (secondary N) is 2. The van der Waals surface area contributed by atoms with E-state index in [2.05, 4.69) is 10.6 Å². The van der Waals surface area contributed by atoms with Crippen molar-refractivity contribution in [1.29, 1.82) is 0 Å². The summed E-state index contributed by atoms with van der Waals surface area (Å²) in [6.07, 6.45) is -1.26. The summed E-state index contributed by atoms with van der Waals surface area (Å²) in [5.74, 6) is -1.51. The molecule has 31 heavy (non-hydrogen) atoms. The Morgan fingerprint density at radius 3 is 2.48 bits per heavy atom. The van der Waals surface area contributed by atoms with Crippen molar-refractivity contribution < 1.29 is 27.6 Å². The van der Waals surface area contributed by atoms with Crippen LogP contribution in [-0.2, 0) is 15.8 Å². The highest BCUT2D eigenvalue weighted by molar-refractivity contribution is 6.14. The SMILES string of the molecule is CC(=Cc1ccccc1)C=C1NC(=O)N(CC(=O)Nc2cccc(C(F)(F)F)c2)C1=O. The van der Waals surface area contributed by atoms with Gasteiger partial charge < -0.3 is 10.6 Å². The molecule has 0 unspecified atom stereocenters. The van der Waals surface area contributed by atoms with E-state index < -0.39 is 36.1 Å². The van der Waals surface area contributed by atoms with Gasteiger partial charge in [-0.15, -0.1) is 0 Å². The second kappa shape index (κ2) is 8.86. The normalized spacial score (nSPS) is 15.9. The molecule has 0 aliphatic carbocycles. The van der Waals surface area contributed by atoms with Gasteiger partial charge in [-0.25, -0.2) is 9.69 Å². The zero-order valence-electron chi connectivity index (χ0n) is 16.4. The first-order valence-electron chi connectivity index (χ1n) is 9.18. The molecule has 2 aromatic rings. The van der Waals surface area contributed by atoms with Gasteiger partial charge in [0, 0.05) is 5.69 Å². The van der Waals surface area contributed by atoms with Crippen LogP contribution in [0.25, 0.3) is 6.08 Å². The maximum Gasteiger partial charge on any atom is 0.416 e. The molecule has 2 N–H and O–H groups in total. The quantitative estimate of drug-likeness (QED) is 0.553. The Balaban J connectivity index is 1.67. The number of amides is 4. The first kappa shape index (κ1) is 21.8. The Bertz CT molecular complexity index is 1080. The molecular formula is C22H18F3N3O3. The lowest BCUT2D eigenvalue weighted by Gasteiger charge is -2.13. The molecule has 1 heterocycles. The molecule has 9 heteroatoms. The Morgan fingerprint density at radius 2 is 1.81 bits per heavy atom. The number of halogens is 3. The largest absolute Gasteiger partial charge is 0.416 e. The molecule has 0 aromatic heterocycles. The summed E-state index contributed by atoms with van der Waals surface area (Å²) in [6, 6.07) is 12.6. The second-order valence-electron chi connectivity index (χ2n) is 6.81. The fourth-order valence-corrected chi connectivity index (χ4v) is 2.91. The van der Waals surface area contributed by atoms with Crippen LogP contribution in [0.1, 0.15) is 18.1 Å². The van der Waals surface area contributed by atoms with Gasteiger partial charge in [0.2, 0.25) is 5.91 Å². The van der Waals surface area contributed by atoms with E-state index in [-0.39, 0.29) is 11.4 Å². The Morgan fingerprint density at radius 1 is 1.10 bits per heavy atom. The number of alkyl halides is 3. The van der Waals surface area contributed by atoms with Crippen LogP contribution >= 0.6 is 0 Å². The summed E-state index contributed by atoms with van der Waals surface area (Å²) in [7, 11) is 0. The van der Waals surface area contributed by atoms with Gasteiger partial charge in [-0.1, -0.05) is 42.5 Å². The Kier molecular flexibility index (Phi) is 6.24. The molecule has 1 saturated heterocycles. The van der Waals surface area contributed by atoms with Crippen molar-refractivity contribution in [3.05, 3.63) is 83.1 Å². The van der Waals surface area contributed by atoms with Crippen molar-refractivity contribution in [2.75, 3.05) is 11.9 Å². The molecular weight excluding hydrogens is 411 g/mol. The molecule has 0 bridgehead atoms. The number of hydrogen-bond donors (Lipinski definition) is 2. The van der Waals surface area contributed by atoms with Gasteiger partial charge in [-0.05, 0) is 42.3 Å². The van der Waals surface area contributed by atoms with Gasteiger partial charge in [-0.2, -0.15) is 13.2 Å². The zero-order chi connectivity index (χ0) is 22.6. The smallest absolute Gasteiger partial charge is 0.325 e. The molecule has 1 aliphatic rings. The number of carbonyl (C=O) groups is 3. The number of carbonyl (C=O) groups excluding carboxylic acids is 3. The number of hydrogen-bond acceptors (Lipinski definition) is 3. The van der Waals surface area contributed by atoms with Gasteiger partial charge in [0.1, 0.15) is 12.2 Å². The van der Waals surface area contributed by atoms with Crippen LogP contribution in [0, 0.1) is 0 Å². The molecule has 1 aliphatic heterocycles. The Labute approximate surface area is 176 Å². The van der Waals surface area contributed by atoms with Crippen LogP contribution in [0.2, 0.25) is 0 Å². The van der Waals surface area contributed by atoms with Crippen LogP contribution < -0.4 is 10.6 Å². The standard InChI is InChI=1S/C22H18F3N3O3/c1-14(10-15-6-3-2-4-7-15)11-18-20(30)28(21(31)27-18)13-19(29)26-17-9-5-8-16(12-17)22(23,24)25/h2-12H,13H2,1H3,(H,26,29)(H,27,31). The van der Waals surface area contributed by atoms with E-state index in [1.54, 1.807) is 6.92 Å². The summed E-state index contributed by atoms with van der Waals surface area (Å²) in [5.41, 5.74) is 0.591. The van der Waals surface area contributed by atoms with Crippen molar-refractivity contribution in [3.63, 3.8) is 0 Å². The van der Waals surface area contributed by atoms with Gasteiger partial charge in [0.15, 0.2) is 0 Å². The summed E-state index contributed by atoms with van der Waals surface area (Å²) in [4.78, 5) is 37.5. The predicted octanol–water partition coefficient (Wildman–Crippen LogP) is 4.18. The number of benzene rings is 2. The lowest BCUT2D eigenvalue weighted by molar-refractivity contribution is -0.137. The zero-order valence-corrected chi connectivity index (χ0v) is 16.4. The van der Waals surface area contributed by atoms with E-state index in [9.17, 15) is 27.6 Å². The summed E-state index contributed by atoms with van der Waals surface area (Å²) in [6.45, 7) is 1.11. The van der Waals surface area contributed by atoms with E-state index in [1.165, 1.54) is 12.1 Å². The molecule has 0 atom stereocenters. The topological polar surface area (TPSA) is 78.5 Å². The molecule has 3 rings (SSSR count). The van der Waals surface area contributed by atoms with E-state index in [0.717, 1.165) is 23.8 Å². The fourth-order valence-electron chi connectivity index (χ4n) is 2.91. The molecule has 6 nitrogen and oxygen atoms in total. The minimum atomic E-state index is -4.56. The van der Waals surface area contributed by atoms with Crippen LogP contribution in [0.3, 0.4) is 0 Å². The predicted molar refractivity (Wildman–Crippen MR) is 108 cm³/mol. The Hall–Kier alpha value is -3.88. The van der Waals surface area contributed by atoms with Crippen LogP contribution in [0.4, 0.5) is 23.7 Å². The summed E-state index contributed by atoms with van der Waals surface area (Å²) < 4.78 is 38.4. The minimum Gasteiger partial charge on any atom is -0.325 e. The van der Waals surface area contributed by atoms with Crippen molar-refractivity contribution in [1.82, 2.24) is 10.2 Å². The van der Waals surface area contributed by atoms with Crippen molar-refractivity contribution in [2.45, 2.75) is 13.1 Å². The molecule has 4 amide bonds. The van der Waals surface area contributed by atoms with Gasteiger partial charge in [0.05, 0.1) is 5.56 Å². The average Bonchev–Trinajstić information content (AvgIpc) is 2.95. The monoisotopic (exact) mass is 429 g/mol. The molecule has 0 radical (unpaired) electrons. The van der Waals surface area contributed by atoms with Gasteiger partial charge in [-0.3, -0.25) is 9.59 Å². The third-order valence-electron chi connectivity index (χ3n) is 4.30. The van der Waals surface area contributed by atoms with E-state index in [0.29, 0.717) is 10.5 Å². The van der Waals surface area contributed by atoms with Crippen LogP contribution in [0.5, 0.6) is 0 Å². The third-order valence-corrected chi connectivity index (χ3v) is 4.30. The highest BCUT2D eigenvalue weighted by Crippen LogP contribution is 2.30. The number of rotatable bonds is 5. The third kappa shape index (κ3) is 5.59. The fraction of sp³-hybridized carbons (Fsp3) is 0.136. The van der Waals surface area contributed by atoms with Crippen molar-refractivity contribution >= 4 is 29.6 Å². The van der Waals surface area contributed by atoms with E-state index in [1.807, 2.05) is 36.4 Å². The first-order valence-corrected chi connectivity index (χ1v) is 9.18. The maximum absolute atomic E-state index is 12.8. The molecule has 1 fully saturated rings. The maximum atomic E-state index is 12.8. The number of urea groups is 1. The average molecular weight is 429 g/mol. The molecule has 2 aromatic carbocycles. The lowest BCUT2D eigenvalue weighted by Crippen LogP contribution is -2.38. The highest BCUT2D eigenvalue weighted by atomic mass is 19.4.